The van der Waals surface area contributed by atoms with Gasteiger partial charge in [0, 0.05) is 6.54 Å². The van der Waals surface area contributed by atoms with Gasteiger partial charge < -0.3 is 10.6 Å². The topological polar surface area (TPSA) is 29.3 Å². The first-order valence-corrected chi connectivity index (χ1v) is 6.18. The van der Waals surface area contributed by atoms with Crippen LogP contribution in [-0.2, 0) is 0 Å². The van der Waals surface area contributed by atoms with E-state index in [2.05, 4.69) is 18.7 Å². The molecule has 0 aromatic carbocycles. The summed E-state index contributed by atoms with van der Waals surface area (Å²) in [5, 5.41) is 0. The molecule has 0 spiro atoms. The summed E-state index contributed by atoms with van der Waals surface area (Å²) in [5.74, 6) is 1.64. The Morgan fingerprint density at radius 3 is 2.79 bits per heavy atom. The van der Waals surface area contributed by atoms with Gasteiger partial charge in [0.15, 0.2) is 0 Å². The first-order valence-electron chi connectivity index (χ1n) is 6.18. The van der Waals surface area contributed by atoms with Crippen LogP contribution in [0.3, 0.4) is 0 Å². The fourth-order valence-electron chi connectivity index (χ4n) is 2.33. The normalized spacial score (nSPS) is 27.2. The second-order valence-corrected chi connectivity index (χ2v) is 4.85. The molecular formula is C12H26N2. The molecule has 0 aliphatic carbocycles. The number of nitrogens with zero attached hydrogens (tertiary/aromatic N) is 1. The van der Waals surface area contributed by atoms with E-state index in [1.807, 2.05) is 0 Å². The molecule has 2 unspecified atom stereocenters. The van der Waals surface area contributed by atoms with Gasteiger partial charge in [0.2, 0.25) is 0 Å². The third-order valence-corrected chi connectivity index (χ3v) is 3.49. The van der Waals surface area contributed by atoms with Crippen molar-refractivity contribution >= 4 is 0 Å². The van der Waals surface area contributed by atoms with Gasteiger partial charge in [-0.3, -0.25) is 0 Å². The number of rotatable bonds is 4. The molecule has 1 fully saturated rings. The maximum Gasteiger partial charge on any atom is 0.00191 e. The molecule has 0 amide bonds. The standard InChI is InChI=1S/C12H26N2/c1-3-12-5-4-7-14(8-6-12)10-11(2)9-13/h11-12H,3-10,13H2,1-2H3. The van der Waals surface area contributed by atoms with Crippen LogP contribution in [0.5, 0.6) is 0 Å². The fraction of sp³-hybridized carbons (Fsp3) is 1.00. The van der Waals surface area contributed by atoms with Crippen molar-refractivity contribution in [3.05, 3.63) is 0 Å². The third kappa shape index (κ3) is 3.97. The SMILES string of the molecule is CCC1CCCN(CC(C)CN)CC1. The van der Waals surface area contributed by atoms with Crippen molar-refractivity contribution in [2.75, 3.05) is 26.2 Å². The zero-order chi connectivity index (χ0) is 10.4. The molecule has 14 heavy (non-hydrogen) atoms. The van der Waals surface area contributed by atoms with Crippen LogP contribution in [0.4, 0.5) is 0 Å². The summed E-state index contributed by atoms with van der Waals surface area (Å²) in [6.45, 7) is 9.19. The molecule has 1 heterocycles. The molecule has 1 saturated heterocycles. The van der Waals surface area contributed by atoms with Gasteiger partial charge in [-0.2, -0.15) is 0 Å². The van der Waals surface area contributed by atoms with Gasteiger partial charge in [-0.25, -0.2) is 0 Å². The Kier molecular flexibility index (Phi) is 5.49. The van der Waals surface area contributed by atoms with Gasteiger partial charge in [0.1, 0.15) is 0 Å². The van der Waals surface area contributed by atoms with Crippen LogP contribution in [0.1, 0.15) is 39.5 Å². The van der Waals surface area contributed by atoms with Gasteiger partial charge in [-0.05, 0) is 50.7 Å². The van der Waals surface area contributed by atoms with Crippen LogP contribution >= 0.6 is 0 Å². The average Bonchev–Trinajstić information content (AvgIpc) is 2.43. The summed E-state index contributed by atoms with van der Waals surface area (Å²) in [4.78, 5) is 2.60. The van der Waals surface area contributed by atoms with Gasteiger partial charge in [-0.1, -0.05) is 20.3 Å². The first-order chi connectivity index (χ1) is 6.76. The van der Waals surface area contributed by atoms with E-state index in [0.717, 1.165) is 12.5 Å². The highest BCUT2D eigenvalue weighted by atomic mass is 15.1. The Hall–Kier alpha value is -0.0800. The first kappa shape index (κ1) is 12.0. The summed E-state index contributed by atoms with van der Waals surface area (Å²) in [6, 6.07) is 0. The van der Waals surface area contributed by atoms with Crippen LogP contribution < -0.4 is 5.73 Å². The molecule has 1 aliphatic heterocycles. The van der Waals surface area contributed by atoms with Gasteiger partial charge in [0.25, 0.3) is 0 Å². The Labute approximate surface area is 88.8 Å². The van der Waals surface area contributed by atoms with Gasteiger partial charge >= 0.3 is 0 Å². The van der Waals surface area contributed by atoms with E-state index in [0.29, 0.717) is 5.92 Å². The summed E-state index contributed by atoms with van der Waals surface area (Å²) >= 11 is 0. The minimum absolute atomic E-state index is 0.660. The van der Waals surface area contributed by atoms with Crippen molar-refractivity contribution in [2.24, 2.45) is 17.6 Å². The van der Waals surface area contributed by atoms with E-state index >= 15 is 0 Å². The van der Waals surface area contributed by atoms with Crippen molar-refractivity contribution in [1.29, 1.82) is 0 Å². The number of nitrogens with two attached hydrogens (primary N) is 1. The summed E-state index contributed by atoms with van der Waals surface area (Å²) in [7, 11) is 0. The molecule has 1 aliphatic rings. The quantitative estimate of drug-likeness (QED) is 0.749. The lowest BCUT2D eigenvalue weighted by atomic mass is 9.98. The summed E-state index contributed by atoms with van der Waals surface area (Å²) in [6.07, 6.45) is 5.58. The molecule has 2 N–H and O–H groups in total. The number of hydrogen-bond acceptors (Lipinski definition) is 2. The molecule has 2 nitrogen and oxygen atoms in total. The highest BCUT2D eigenvalue weighted by Gasteiger charge is 2.16. The number of hydrogen-bond donors (Lipinski definition) is 1. The van der Waals surface area contributed by atoms with Gasteiger partial charge in [0.05, 0.1) is 0 Å². The molecule has 0 aromatic heterocycles. The van der Waals surface area contributed by atoms with Crippen LogP contribution in [0.2, 0.25) is 0 Å². The maximum absolute atomic E-state index is 5.66. The smallest absolute Gasteiger partial charge is 0.00191 e. The van der Waals surface area contributed by atoms with E-state index in [1.54, 1.807) is 0 Å². The highest BCUT2D eigenvalue weighted by Crippen LogP contribution is 2.20. The van der Waals surface area contributed by atoms with E-state index in [-0.39, 0.29) is 0 Å². The summed E-state index contributed by atoms with van der Waals surface area (Å²) in [5.41, 5.74) is 5.66. The lowest BCUT2D eigenvalue weighted by molar-refractivity contribution is 0.245. The average molecular weight is 198 g/mol. The van der Waals surface area contributed by atoms with Crippen LogP contribution in [0.25, 0.3) is 0 Å². The third-order valence-electron chi connectivity index (χ3n) is 3.49. The highest BCUT2D eigenvalue weighted by molar-refractivity contribution is 4.71. The summed E-state index contributed by atoms with van der Waals surface area (Å²) < 4.78 is 0. The molecular weight excluding hydrogens is 172 g/mol. The number of likely N-dealkylation sites (tertiary alicyclic amines) is 1. The Morgan fingerprint density at radius 2 is 2.14 bits per heavy atom. The Balaban J connectivity index is 2.27. The molecule has 2 atom stereocenters. The minimum atomic E-state index is 0.660. The van der Waals surface area contributed by atoms with E-state index in [9.17, 15) is 0 Å². The fourth-order valence-corrected chi connectivity index (χ4v) is 2.33. The monoisotopic (exact) mass is 198 g/mol. The predicted molar refractivity (Wildman–Crippen MR) is 62.3 cm³/mol. The van der Waals surface area contributed by atoms with Crippen LogP contribution in [-0.4, -0.2) is 31.1 Å². The second-order valence-electron chi connectivity index (χ2n) is 4.85. The molecule has 0 saturated carbocycles. The van der Waals surface area contributed by atoms with Crippen molar-refractivity contribution < 1.29 is 0 Å². The van der Waals surface area contributed by atoms with E-state index < -0.39 is 0 Å². The van der Waals surface area contributed by atoms with Gasteiger partial charge in [-0.15, -0.1) is 0 Å². The zero-order valence-electron chi connectivity index (χ0n) is 9.84. The van der Waals surface area contributed by atoms with Crippen molar-refractivity contribution in [1.82, 2.24) is 4.90 Å². The molecule has 2 heteroatoms. The van der Waals surface area contributed by atoms with Crippen LogP contribution in [0.15, 0.2) is 0 Å². The van der Waals surface area contributed by atoms with E-state index in [4.69, 9.17) is 5.73 Å². The van der Waals surface area contributed by atoms with E-state index in [1.165, 1.54) is 45.3 Å². The molecule has 0 bridgehead atoms. The molecule has 0 aromatic rings. The zero-order valence-corrected chi connectivity index (χ0v) is 9.84. The predicted octanol–water partition coefficient (Wildman–Crippen LogP) is 2.09. The van der Waals surface area contributed by atoms with Crippen molar-refractivity contribution in [3.63, 3.8) is 0 Å². The lowest BCUT2D eigenvalue weighted by Gasteiger charge is -2.23. The maximum atomic E-state index is 5.66. The second kappa shape index (κ2) is 6.41. The van der Waals surface area contributed by atoms with Crippen molar-refractivity contribution in [2.45, 2.75) is 39.5 Å². The lowest BCUT2D eigenvalue weighted by Crippen LogP contribution is -2.32. The minimum Gasteiger partial charge on any atom is -0.330 e. The molecule has 84 valence electrons. The Bertz CT molecular complexity index is 147. The Morgan fingerprint density at radius 1 is 1.36 bits per heavy atom. The molecule has 1 rings (SSSR count). The van der Waals surface area contributed by atoms with Crippen LogP contribution in [0, 0.1) is 11.8 Å². The molecule has 0 radical (unpaired) electrons. The van der Waals surface area contributed by atoms with Crippen molar-refractivity contribution in [3.8, 4) is 0 Å². The largest absolute Gasteiger partial charge is 0.330 e.